The number of carboxylic acid groups (broad SMARTS) is 1. The predicted molar refractivity (Wildman–Crippen MR) is 104 cm³/mol. The molecule has 1 N–H and O–H groups in total. The largest absolute Gasteiger partial charge is 0.472 e. The van der Waals surface area contributed by atoms with Gasteiger partial charge in [0.15, 0.2) is 0 Å². The van der Waals surface area contributed by atoms with Gasteiger partial charge in [-0.3, -0.25) is 9.69 Å². The Hall–Kier alpha value is -2.90. The van der Waals surface area contributed by atoms with Crippen LogP contribution in [-0.2, 0) is 16.0 Å². The number of carbonyl (C=O) groups excluding carboxylic acids is 2. The molecule has 0 bridgehead atoms. The van der Waals surface area contributed by atoms with Gasteiger partial charge in [0.2, 0.25) is 0 Å². The molecule has 0 radical (unpaired) electrons. The number of ether oxygens (including phenoxy) is 1. The first-order valence-electron chi connectivity index (χ1n) is 9.47. The molecule has 1 aromatic rings. The van der Waals surface area contributed by atoms with Gasteiger partial charge in [-0.25, -0.2) is 19.5 Å². The minimum absolute atomic E-state index is 0.0294. The summed E-state index contributed by atoms with van der Waals surface area (Å²) in [5.41, 5.74) is 1.08. The van der Waals surface area contributed by atoms with Crippen LogP contribution in [0.25, 0.3) is 0 Å². The lowest BCUT2D eigenvalue weighted by Gasteiger charge is -2.26. The maximum absolute atomic E-state index is 12.9. The summed E-state index contributed by atoms with van der Waals surface area (Å²) < 4.78 is 5.19. The van der Waals surface area contributed by atoms with Crippen molar-refractivity contribution in [2.45, 2.75) is 33.1 Å². The number of imide groups is 2. The molecule has 1 aromatic carbocycles. The Labute approximate surface area is 164 Å². The van der Waals surface area contributed by atoms with Gasteiger partial charge in [-0.2, -0.15) is 0 Å². The molecule has 0 atom stereocenters. The third kappa shape index (κ3) is 6.07. The SMILES string of the molecule is CC(C)CCN(C(=O)O)C(=O)N(CCCc1ccccc1)C(=O)C1=NCCO1. The van der Waals surface area contributed by atoms with Crippen molar-refractivity contribution in [3.63, 3.8) is 0 Å². The van der Waals surface area contributed by atoms with E-state index in [1.807, 2.05) is 44.2 Å². The highest BCUT2D eigenvalue weighted by atomic mass is 16.5. The molecule has 1 aliphatic heterocycles. The van der Waals surface area contributed by atoms with E-state index in [0.29, 0.717) is 30.7 Å². The van der Waals surface area contributed by atoms with Gasteiger partial charge in [0, 0.05) is 13.1 Å². The van der Waals surface area contributed by atoms with Crippen LogP contribution in [0.4, 0.5) is 9.59 Å². The summed E-state index contributed by atoms with van der Waals surface area (Å²) in [6.45, 7) is 4.62. The van der Waals surface area contributed by atoms with E-state index in [0.717, 1.165) is 10.5 Å². The fourth-order valence-electron chi connectivity index (χ4n) is 2.76. The average molecular weight is 389 g/mol. The van der Waals surface area contributed by atoms with Crippen molar-refractivity contribution < 1.29 is 24.2 Å². The van der Waals surface area contributed by atoms with Gasteiger partial charge in [0.05, 0.1) is 6.54 Å². The molecule has 0 saturated carbocycles. The molecule has 0 spiro atoms. The van der Waals surface area contributed by atoms with Gasteiger partial charge in [-0.15, -0.1) is 0 Å². The molecule has 8 nitrogen and oxygen atoms in total. The molecular weight excluding hydrogens is 362 g/mol. The number of hydrogen-bond donors (Lipinski definition) is 1. The summed E-state index contributed by atoms with van der Waals surface area (Å²) in [7, 11) is 0. The van der Waals surface area contributed by atoms with Gasteiger partial charge < -0.3 is 9.84 Å². The number of hydrogen-bond acceptors (Lipinski definition) is 5. The standard InChI is InChI=1S/C20H27N3O5/c1-15(2)10-13-23(20(26)27)19(25)22(18(24)17-21-11-14-28-17)12-6-9-16-7-4-3-5-8-16/h3-5,7-8,15H,6,9-14H2,1-2H3,(H,26,27). The zero-order valence-electron chi connectivity index (χ0n) is 16.3. The van der Waals surface area contributed by atoms with Gasteiger partial charge in [0.1, 0.15) is 6.61 Å². The second kappa shape index (κ2) is 10.4. The van der Waals surface area contributed by atoms with E-state index in [2.05, 4.69) is 4.99 Å². The second-order valence-corrected chi connectivity index (χ2v) is 6.98. The van der Waals surface area contributed by atoms with Gasteiger partial charge in [0.25, 0.3) is 5.90 Å². The first kappa shape index (κ1) is 21.4. The fraction of sp³-hybridized carbons (Fsp3) is 0.500. The molecule has 0 saturated heterocycles. The second-order valence-electron chi connectivity index (χ2n) is 6.98. The van der Waals surface area contributed by atoms with Crippen LogP contribution >= 0.6 is 0 Å². The van der Waals surface area contributed by atoms with Crippen LogP contribution in [-0.4, -0.2) is 65.1 Å². The summed E-state index contributed by atoms with van der Waals surface area (Å²) in [6, 6.07) is 8.82. The van der Waals surface area contributed by atoms with Gasteiger partial charge in [-0.1, -0.05) is 44.2 Å². The number of nitrogens with zero attached hydrogens (tertiary/aromatic N) is 3. The Bertz CT molecular complexity index is 718. The third-order valence-corrected chi connectivity index (χ3v) is 4.33. The Balaban J connectivity index is 2.12. The average Bonchev–Trinajstić information content (AvgIpc) is 3.20. The van der Waals surface area contributed by atoms with E-state index >= 15 is 0 Å². The van der Waals surface area contributed by atoms with Crippen LogP contribution in [0.15, 0.2) is 35.3 Å². The van der Waals surface area contributed by atoms with Crippen LogP contribution in [0, 0.1) is 5.92 Å². The Morgan fingerprint density at radius 1 is 1.14 bits per heavy atom. The number of carbonyl (C=O) groups is 3. The predicted octanol–water partition coefficient (Wildman–Crippen LogP) is 3.02. The maximum Gasteiger partial charge on any atom is 0.415 e. The van der Waals surface area contributed by atoms with E-state index in [-0.39, 0.29) is 31.5 Å². The first-order chi connectivity index (χ1) is 13.4. The molecule has 152 valence electrons. The Morgan fingerprint density at radius 2 is 1.86 bits per heavy atom. The maximum atomic E-state index is 12.9. The summed E-state index contributed by atoms with van der Waals surface area (Å²) in [4.78, 5) is 42.8. The summed E-state index contributed by atoms with van der Waals surface area (Å²) in [5.74, 6) is -0.604. The molecule has 0 aliphatic carbocycles. The van der Waals surface area contributed by atoms with Gasteiger partial charge >= 0.3 is 18.0 Å². The highest BCUT2D eigenvalue weighted by Gasteiger charge is 2.34. The quantitative estimate of drug-likeness (QED) is 0.737. The summed E-state index contributed by atoms with van der Waals surface area (Å²) >= 11 is 0. The van der Waals surface area contributed by atoms with Crippen molar-refractivity contribution in [2.24, 2.45) is 10.9 Å². The normalized spacial score (nSPS) is 13.0. The van der Waals surface area contributed by atoms with Gasteiger partial charge in [-0.05, 0) is 30.7 Å². The van der Waals surface area contributed by atoms with E-state index in [9.17, 15) is 19.5 Å². The number of aryl methyl sites for hydroxylation is 1. The number of benzene rings is 1. The van der Waals surface area contributed by atoms with Crippen LogP contribution in [0.3, 0.4) is 0 Å². The van der Waals surface area contributed by atoms with E-state index in [1.54, 1.807) is 0 Å². The van der Waals surface area contributed by atoms with E-state index in [4.69, 9.17) is 4.74 Å². The third-order valence-electron chi connectivity index (χ3n) is 4.33. The van der Waals surface area contributed by atoms with Crippen LogP contribution in [0.1, 0.15) is 32.3 Å². The van der Waals surface area contributed by atoms with E-state index < -0.39 is 18.0 Å². The Morgan fingerprint density at radius 3 is 2.43 bits per heavy atom. The molecule has 28 heavy (non-hydrogen) atoms. The van der Waals surface area contributed by atoms with Crippen molar-refractivity contribution in [1.82, 2.24) is 9.80 Å². The molecule has 0 aromatic heterocycles. The van der Waals surface area contributed by atoms with Crippen molar-refractivity contribution in [1.29, 1.82) is 0 Å². The number of urea groups is 1. The topological polar surface area (TPSA) is 99.5 Å². The molecule has 1 aliphatic rings. The fourth-order valence-corrected chi connectivity index (χ4v) is 2.76. The molecular formula is C20H27N3O5. The highest BCUT2D eigenvalue weighted by Crippen LogP contribution is 2.11. The van der Waals surface area contributed by atoms with Crippen molar-refractivity contribution >= 4 is 23.9 Å². The summed E-state index contributed by atoms with van der Waals surface area (Å²) in [6.07, 6.45) is 0.305. The van der Waals surface area contributed by atoms with Crippen molar-refractivity contribution in [3.05, 3.63) is 35.9 Å². The molecule has 8 heteroatoms. The summed E-state index contributed by atoms with van der Waals surface area (Å²) in [5, 5.41) is 9.46. The van der Waals surface area contributed by atoms with E-state index in [1.165, 1.54) is 0 Å². The van der Waals surface area contributed by atoms with Crippen LogP contribution < -0.4 is 0 Å². The van der Waals surface area contributed by atoms with Crippen LogP contribution in [0.5, 0.6) is 0 Å². The smallest absolute Gasteiger partial charge is 0.415 e. The number of aliphatic imine (C=N–C) groups is 1. The van der Waals surface area contributed by atoms with Crippen LogP contribution in [0.2, 0.25) is 0 Å². The lowest BCUT2D eigenvalue weighted by molar-refractivity contribution is -0.123. The lowest BCUT2D eigenvalue weighted by atomic mass is 10.1. The molecule has 0 fully saturated rings. The molecule has 2 rings (SSSR count). The highest BCUT2D eigenvalue weighted by molar-refractivity contribution is 6.38. The molecule has 0 unspecified atom stereocenters. The monoisotopic (exact) mass is 389 g/mol. The van der Waals surface area contributed by atoms with Crippen molar-refractivity contribution in [2.75, 3.05) is 26.2 Å². The minimum Gasteiger partial charge on any atom is -0.472 e. The zero-order valence-corrected chi connectivity index (χ0v) is 16.3. The zero-order chi connectivity index (χ0) is 20.5. The van der Waals surface area contributed by atoms with Crippen molar-refractivity contribution in [3.8, 4) is 0 Å². The Kier molecular flexibility index (Phi) is 7.98. The number of rotatable bonds is 8. The minimum atomic E-state index is -1.37. The first-order valence-corrected chi connectivity index (χ1v) is 9.47. The molecule has 4 amide bonds. The molecule has 1 heterocycles. The number of amides is 4. The lowest BCUT2D eigenvalue weighted by Crippen LogP contribution is -2.51.